The first-order chi connectivity index (χ1) is 16.3. The van der Waals surface area contributed by atoms with E-state index in [1.165, 1.54) is 16.5 Å². The van der Waals surface area contributed by atoms with E-state index in [1.807, 2.05) is 27.5 Å². The van der Waals surface area contributed by atoms with E-state index in [0.29, 0.717) is 18.9 Å². The molecule has 2 aliphatic heterocycles. The third-order valence-corrected chi connectivity index (χ3v) is 6.58. The number of hydrogen-bond acceptors (Lipinski definition) is 6. The fourth-order valence-corrected chi connectivity index (χ4v) is 4.85. The zero-order valence-corrected chi connectivity index (χ0v) is 18.3. The van der Waals surface area contributed by atoms with Crippen molar-refractivity contribution in [3.05, 3.63) is 72.2 Å². The van der Waals surface area contributed by atoms with Crippen molar-refractivity contribution in [1.82, 2.24) is 29.8 Å². The third-order valence-electron chi connectivity index (χ3n) is 6.58. The Kier molecular flexibility index (Phi) is 4.99. The minimum Gasteiger partial charge on any atom is -0.354 e. The van der Waals surface area contributed by atoms with Crippen molar-refractivity contribution in [1.29, 1.82) is 0 Å². The molecule has 33 heavy (non-hydrogen) atoms. The average Bonchev–Trinajstić information content (AvgIpc) is 3.37. The van der Waals surface area contributed by atoms with Crippen LogP contribution in [0.4, 0.5) is 5.82 Å². The van der Waals surface area contributed by atoms with Gasteiger partial charge in [0.1, 0.15) is 12.1 Å². The maximum Gasteiger partial charge on any atom is 0.256 e. The van der Waals surface area contributed by atoms with Gasteiger partial charge in [0.05, 0.1) is 0 Å². The van der Waals surface area contributed by atoms with Gasteiger partial charge in [0.15, 0.2) is 0 Å². The molecular weight excluding hydrogens is 414 g/mol. The molecule has 2 aromatic heterocycles. The molecular formula is C25H25N7O. The number of aromatic nitrogens is 4. The van der Waals surface area contributed by atoms with E-state index in [0.717, 1.165) is 49.4 Å². The molecule has 1 saturated heterocycles. The Hall–Kier alpha value is -3.78. The molecule has 1 amide bonds. The number of carbonyl (C=O) groups excluding carboxylic acids is 1. The van der Waals surface area contributed by atoms with Crippen molar-refractivity contribution in [3.63, 3.8) is 0 Å². The first-order valence-electron chi connectivity index (χ1n) is 11.4. The Morgan fingerprint density at radius 1 is 1.03 bits per heavy atom. The lowest BCUT2D eigenvalue weighted by Gasteiger charge is -2.36. The SMILES string of the molecule is O=C(c1ccc2c(C3=CCCNC3)cccc2c1)N1CCN(c2ccnc3nncn23)CC1. The number of benzene rings is 2. The second kappa shape index (κ2) is 8.29. The van der Waals surface area contributed by atoms with Crippen molar-refractivity contribution in [2.45, 2.75) is 6.42 Å². The van der Waals surface area contributed by atoms with Gasteiger partial charge < -0.3 is 15.1 Å². The molecule has 1 fully saturated rings. The lowest BCUT2D eigenvalue weighted by atomic mass is 9.95. The van der Waals surface area contributed by atoms with E-state index in [4.69, 9.17) is 0 Å². The van der Waals surface area contributed by atoms with Gasteiger partial charge in [-0.3, -0.25) is 9.20 Å². The predicted octanol–water partition coefficient (Wildman–Crippen LogP) is 2.62. The molecule has 2 aromatic carbocycles. The molecule has 8 nitrogen and oxygen atoms in total. The zero-order chi connectivity index (χ0) is 22.2. The van der Waals surface area contributed by atoms with Crippen LogP contribution in [-0.2, 0) is 0 Å². The summed E-state index contributed by atoms with van der Waals surface area (Å²) in [6, 6.07) is 14.4. The van der Waals surface area contributed by atoms with Crippen LogP contribution in [0.2, 0.25) is 0 Å². The summed E-state index contributed by atoms with van der Waals surface area (Å²) in [6.45, 7) is 4.76. The largest absolute Gasteiger partial charge is 0.354 e. The highest BCUT2D eigenvalue weighted by molar-refractivity contribution is 6.01. The Labute approximate surface area is 191 Å². The molecule has 1 N–H and O–H groups in total. The number of carbonyl (C=O) groups is 1. The lowest BCUT2D eigenvalue weighted by Crippen LogP contribution is -2.49. The van der Waals surface area contributed by atoms with E-state index in [1.54, 1.807) is 12.5 Å². The monoisotopic (exact) mass is 439 g/mol. The molecule has 4 heterocycles. The van der Waals surface area contributed by atoms with Crippen LogP contribution in [0.5, 0.6) is 0 Å². The minimum atomic E-state index is 0.0877. The van der Waals surface area contributed by atoms with Crippen LogP contribution < -0.4 is 10.2 Å². The van der Waals surface area contributed by atoms with Gasteiger partial charge in [-0.25, -0.2) is 4.98 Å². The van der Waals surface area contributed by atoms with Gasteiger partial charge in [-0.05, 0) is 53.1 Å². The quantitative estimate of drug-likeness (QED) is 0.529. The standard InChI is InChI=1S/C25H25N7O/c33-24(31-13-11-30(12-14-31)23-8-10-27-25-29-28-17-32(23)25)19-6-7-22-18(15-19)3-1-5-21(22)20-4-2-9-26-16-20/h1,3-8,10,15,17,26H,2,9,11-14,16H2. The number of rotatable bonds is 3. The lowest BCUT2D eigenvalue weighted by molar-refractivity contribution is 0.0746. The van der Waals surface area contributed by atoms with Gasteiger partial charge in [0, 0.05) is 44.5 Å². The molecule has 0 spiro atoms. The molecule has 0 saturated carbocycles. The second-order valence-electron chi connectivity index (χ2n) is 8.52. The topological polar surface area (TPSA) is 78.7 Å². The van der Waals surface area contributed by atoms with Crippen LogP contribution in [-0.4, -0.2) is 69.7 Å². The van der Waals surface area contributed by atoms with E-state index < -0.39 is 0 Å². The summed E-state index contributed by atoms with van der Waals surface area (Å²) in [6.07, 6.45) is 6.80. The number of anilines is 1. The minimum absolute atomic E-state index is 0.0877. The van der Waals surface area contributed by atoms with E-state index in [2.05, 4.69) is 55.7 Å². The summed E-state index contributed by atoms with van der Waals surface area (Å²) < 4.78 is 1.88. The molecule has 0 aliphatic carbocycles. The maximum atomic E-state index is 13.3. The van der Waals surface area contributed by atoms with E-state index >= 15 is 0 Å². The smallest absolute Gasteiger partial charge is 0.256 e. The summed E-state index contributed by atoms with van der Waals surface area (Å²) in [5.74, 6) is 1.67. The van der Waals surface area contributed by atoms with Crippen molar-refractivity contribution < 1.29 is 4.79 Å². The van der Waals surface area contributed by atoms with Gasteiger partial charge in [-0.15, -0.1) is 10.2 Å². The number of amides is 1. The number of nitrogens with one attached hydrogen (secondary N) is 1. The molecule has 2 aliphatic rings. The fraction of sp³-hybridized carbons (Fsp3) is 0.280. The van der Waals surface area contributed by atoms with Gasteiger partial charge in [-0.2, -0.15) is 0 Å². The fourth-order valence-electron chi connectivity index (χ4n) is 4.85. The molecule has 0 bridgehead atoms. The zero-order valence-electron chi connectivity index (χ0n) is 18.3. The average molecular weight is 440 g/mol. The van der Waals surface area contributed by atoms with Crippen LogP contribution in [0.25, 0.3) is 22.1 Å². The molecule has 8 heteroatoms. The van der Waals surface area contributed by atoms with Crippen LogP contribution in [0.1, 0.15) is 22.3 Å². The summed E-state index contributed by atoms with van der Waals surface area (Å²) in [5.41, 5.74) is 3.33. The predicted molar refractivity (Wildman–Crippen MR) is 128 cm³/mol. The summed E-state index contributed by atoms with van der Waals surface area (Å²) >= 11 is 0. The maximum absolute atomic E-state index is 13.3. The number of piperazine rings is 1. The molecule has 4 aromatic rings. The van der Waals surface area contributed by atoms with Gasteiger partial charge in [0.25, 0.3) is 11.7 Å². The highest BCUT2D eigenvalue weighted by atomic mass is 16.2. The first-order valence-corrected chi connectivity index (χ1v) is 11.4. The van der Waals surface area contributed by atoms with E-state index in [-0.39, 0.29) is 5.91 Å². The molecule has 166 valence electrons. The Bertz CT molecular complexity index is 1370. The van der Waals surface area contributed by atoms with Crippen molar-refractivity contribution in [3.8, 4) is 0 Å². The molecule has 0 radical (unpaired) electrons. The number of nitrogens with zero attached hydrogens (tertiary/aromatic N) is 6. The van der Waals surface area contributed by atoms with Crippen LogP contribution >= 0.6 is 0 Å². The van der Waals surface area contributed by atoms with Crippen molar-refractivity contribution in [2.75, 3.05) is 44.2 Å². The van der Waals surface area contributed by atoms with Gasteiger partial charge >= 0.3 is 0 Å². The van der Waals surface area contributed by atoms with Crippen molar-refractivity contribution in [2.24, 2.45) is 0 Å². The molecule has 0 unspecified atom stereocenters. The molecule has 0 atom stereocenters. The summed E-state index contributed by atoms with van der Waals surface area (Å²) in [4.78, 5) is 21.7. The normalized spacial score (nSPS) is 16.9. The summed E-state index contributed by atoms with van der Waals surface area (Å²) in [5, 5.41) is 13.7. The van der Waals surface area contributed by atoms with Crippen LogP contribution in [0.3, 0.4) is 0 Å². The number of hydrogen-bond donors (Lipinski definition) is 1. The highest BCUT2D eigenvalue weighted by Gasteiger charge is 2.24. The van der Waals surface area contributed by atoms with Crippen LogP contribution in [0, 0.1) is 0 Å². The summed E-state index contributed by atoms with van der Waals surface area (Å²) in [7, 11) is 0. The van der Waals surface area contributed by atoms with E-state index in [9.17, 15) is 4.79 Å². The Morgan fingerprint density at radius 3 is 2.79 bits per heavy atom. The molecule has 6 rings (SSSR count). The Balaban J connectivity index is 1.21. The van der Waals surface area contributed by atoms with Crippen molar-refractivity contribution >= 4 is 33.8 Å². The number of fused-ring (bicyclic) bond motifs is 2. The van der Waals surface area contributed by atoms with Gasteiger partial charge in [0.2, 0.25) is 0 Å². The first kappa shape index (κ1) is 19.9. The second-order valence-corrected chi connectivity index (χ2v) is 8.52. The third kappa shape index (κ3) is 3.62. The van der Waals surface area contributed by atoms with Crippen LogP contribution in [0.15, 0.2) is 61.1 Å². The Morgan fingerprint density at radius 2 is 1.94 bits per heavy atom. The highest BCUT2D eigenvalue weighted by Crippen LogP contribution is 2.28. The van der Waals surface area contributed by atoms with Gasteiger partial charge in [-0.1, -0.05) is 30.3 Å².